The lowest BCUT2D eigenvalue weighted by Gasteiger charge is -2.35. The maximum Gasteiger partial charge on any atom is 0.416 e. The molecule has 1 aliphatic rings. The largest absolute Gasteiger partial charge is 0.487 e. The first-order valence-corrected chi connectivity index (χ1v) is 11.8. The van der Waals surface area contributed by atoms with Crippen LogP contribution in [0.2, 0.25) is 5.02 Å². The molecule has 4 rings (SSSR count). The van der Waals surface area contributed by atoms with Crippen molar-refractivity contribution in [2.45, 2.75) is 19.3 Å². The fourth-order valence-electron chi connectivity index (χ4n) is 4.02. The van der Waals surface area contributed by atoms with Gasteiger partial charge in [-0.3, -0.25) is 19.8 Å². The number of carbonyl (C=O) groups is 1. The summed E-state index contributed by atoms with van der Waals surface area (Å²) < 4.78 is 44.5. The van der Waals surface area contributed by atoms with E-state index in [1.807, 2.05) is 4.90 Å². The van der Waals surface area contributed by atoms with Gasteiger partial charge in [-0.05, 0) is 35.4 Å². The molecule has 0 spiro atoms. The molecule has 1 saturated heterocycles. The molecule has 0 radical (unpaired) electrons. The Hall–Kier alpha value is -3.63. The molecule has 0 N–H and O–H groups in total. The highest BCUT2D eigenvalue weighted by Gasteiger charge is 2.30. The summed E-state index contributed by atoms with van der Waals surface area (Å²) in [6, 6.07) is 16.2. The van der Waals surface area contributed by atoms with Crippen molar-refractivity contribution in [2.75, 3.05) is 26.2 Å². The Morgan fingerprint density at radius 3 is 2.30 bits per heavy atom. The molecule has 3 aromatic carbocycles. The zero-order chi connectivity index (χ0) is 26.6. The van der Waals surface area contributed by atoms with Gasteiger partial charge in [-0.15, -0.1) is 0 Å². The summed E-state index contributed by atoms with van der Waals surface area (Å²) >= 11 is 6.04. The predicted octanol–water partition coefficient (Wildman–Crippen LogP) is 5.80. The molecule has 1 amide bonds. The van der Waals surface area contributed by atoms with E-state index in [1.165, 1.54) is 30.3 Å². The number of nitro groups is 1. The van der Waals surface area contributed by atoms with Crippen molar-refractivity contribution >= 4 is 23.2 Å². The minimum Gasteiger partial charge on any atom is -0.487 e. The number of hydrogen-bond donors (Lipinski definition) is 0. The zero-order valence-electron chi connectivity index (χ0n) is 19.6. The van der Waals surface area contributed by atoms with Crippen LogP contribution in [0.1, 0.15) is 27.0 Å². The molecule has 1 fully saturated rings. The zero-order valence-corrected chi connectivity index (χ0v) is 20.3. The van der Waals surface area contributed by atoms with Crippen molar-refractivity contribution in [1.29, 1.82) is 0 Å². The van der Waals surface area contributed by atoms with Crippen LogP contribution in [0.3, 0.4) is 0 Å². The summed E-state index contributed by atoms with van der Waals surface area (Å²) in [5.41, 5.74) is 1.10. The summed E-state index contributed by atoms with van der Waals surface area (Å²) in [6.45, 7) is 2.62. The molecule has 194 valence electrons. The van der Waals surface area contributed by atoms with Crippen LogP contribution < -0.4 is 4.74 Å². The molecule has 0 aromatic heterocycles. The molecule has 3 aromatic rings. The first-order chi connectivity index (χ1) is 17.6. The third kappa shape index (κ3) is 6.78. The molecule has 0 bridgehead atoms. The van der Waals surface area contributed by atoms with Gasteiger partial charge in [-0.2, -0.15) is 13.2 Å². The number of piperazine rings is 1. The molecule has 0 saturated carbocycles. The van der Waals surface area contributed by atoms with Crippen LogP contribution in [0.5, 0.6) is 5.75 Å². The average molecular weight is 534 g/mol. The fourth-order valence-corrected chi connectivity index (χ4v) is 4.25. The van der Waals surface area contributed by atoms with Crippen LogP contribution in [-0.4, -0.2) is 46.8 Å². The first-order valence-electron chi connectivity index (χ1n) is 11.4. The topological polar surface area (TPSA) is 75.9 Å². The number of nitrogens with zero attached hydrogens (tertiary/aromatic N) is 3. The fraction of sp³-hybridized carbons (Fsp3) is 0.269. The summed E-state index contributed by atoms with van der Waals surface area (Å²) in [5.74, 6) is 0.194. The van der Waals surface area contributed by atoms with Crippen molar-refractivity contribution in [3.63, 3.8) is 0 Å². The summed E-state index contributed by atoms with van der Waals surface area (Å²) in [7, 11) is 0. The molecule has 0 atom stereocenters. The lowest BCUT2D eigenvalue weighted by Crippen LogP contribution is -2.48. The number of amides is 1. The van der Waals surface area contributed by atoms with Gasteiger partial charge in [0, 0.05) is 50.4 Å². The second-order valence-corrected chi connectivity index (χ2v) is 9.03. The van der Waals surface area contributed by atoms with Crippen molar-refractivity contribution in [3.05, 3.63) is 104 Å². The number of non-ortho nitro benzene ring substituents is 1. The summed E-state index contributed by atoms with van der Waals surface area (Å²) in [4.78, 5) is 27.0. The quantitative estimate of drug-likeness (QED) is 0.283. The molecular weight excluding hydrogens is 511 g/mol. The number of alkyl halides is 3. The van der Waals surface area contributed by atoms with E-state index in [4.69, 9.17) is 16.3 Å². The predicted molar refractivity (Wildman–Crippen MR) is 132 cm³/mol. The molecule has 1 heterocycles. The van der Waals surface area contributed by atoms with Crippen molar-refractivity contribution in [1.82, 2.24) is 9.80 Å². The van der Waals surface area contributed by atoms with Crippen LogP contribution in [0.4, 0.5) is 18.9 Å². The first kappa shape index (κ1) is 26.4. The SMILES string of the molecule is O=C(c1ccc(COc2ccc([N+](=O)[O-])cc2Cl)cc1)N1CCN(Cc2cccc(C(F)(F)F)c2)CC1. The van der Waals surface area contributed by atoms with E-state index < -0.39 is 16.7 Å². The second kappa shape index (κ2) is 11.2. The van der Waals surface area contributed by atoms with Gasteiger partial charge < -0.3 is 9.64 Å². The number of halogens is 4. The van der Waals surface area contributed by atoms with Gasteiger partial charge in [0.1, 0.15) is 12.4 Å². The molecule has 11 heteroatoms. The van der Waals surface area contributed by atoms with E-state index in [2.05, 4.69) is 0 Å². The number of benzene rings is 3. The number of ether oxygens (including phenoxy) is 1. The van der Waals surface area contributed by atoms with Crippen LogP contribution in [0.15, 0.2) is 66.7 Å². The summed E-state index contributed by atoms with van der Waals surface area (Å²) in [6.07, 6.45) is -4.37. The van der Waals surface area contributed by atoms with Gasteiger partial charge in [0.05, 0.1) is 15.5 Å². The smallest absolute Gasteiger partial charge is 0.416 e. The van der Waals surface area contributed by atoms with Gasteiger partial charge in [0.25, 0.3) is 11.6 Å². The number of carbonyl (C=O) groups excluding carboxylic acids is 1. The van der Waals surface area contributed by atoms with Crippen LogP contribution in [-0.2, 0) is 19.3 Å². The van der Waals surface area contributed by atoms with Crippen LogP contribution in [0, 0.1) is 10.1 Å². The minimum atomic E-state index is -4.37. The number of rotatable bonds is 7. The van der Waals surface area contributed by atoms with Gasteiger partial charge in [-0.1, -0.05) is 41.9 Å². The molecule has 37 heavy (non-hydrogen) atoms. The Labute approximate surface area is 216 Å². The van der Waals surface area contributed by atoms with Crippen LogP contribution >= 0.6 is 11.6 Å². The number of nitro benzene ring substituents is 1. The van der Waals surface area contributed by atoms with Gasteiger partial charge in [0.15, 0.2) is 0 Å². The molecule has 0 unspecified atom stereocenters. The van der Waals surface area contributed by atoms with Gasteiger partial charge in [0.2, 0.25) is 0 Å². The van der Waals surface area contributed by atoms with E-state index in [9.17, 15) is 28.1 Å². The lowest BCUT2D eigenvalue weighted by atomic mass is 10.1. The molecule has 0 aliphatic carbocycles. The van der Waals surface area contributed by atoms with Gasteiger partial charge in [-0.25, -0.2) is 0 Å². The van der Waals surface area contributed by atoms with E-state index in [0.29, 0.717) is 49.6 Å². The lowest BCUT2D eigenvalue weighted by molar-refractivity contribution is -0.384. The number of hydrogen-bond acceptors (Lipinski definition) is 5. The normalized spacial score (nSPS) is 14.4. The van der Waals surface area contributed by atoms with Gasteiger partial charge >= 0.3 is 6.18 Å². The van der Waals surface area contributed by atoms with E-state index in [-0.39, 0.29) is 23.2 Å². The standard InChI is InChI=1S/C26H23ClF3N3O4/c27-23-15-22(33(35)36)8-9-24(23)37-17-18-4-6-20(7-5-18)25(34)32-12-10-31(11-13-32)16-19-2-1-3-21(14-19)26(28,29)30/h1-9,14-15H,10-13,16-17H2. The maximum absolute atomic E-state index is 13.0. The molecular formula is C26H23ClF3N3O4. The van der Waals surface area contributed by atoms with E-state index in [1.54, 1.807) is 35.2 Å². The Balaban J connectivity index is 1.28. The highest BCUT2D eigenvalue weighted by molar-refractivity contribution is 6.32. The highest BCUT2D eigenvalue weighted by atomic mass is 35.5. The van der Waals surface area contributed by atoms with E-state index >= 15 is 0 Å². The second-order valence-electron chi connectivity index (χ2n) is 8.62. The third-order valence-corrected chi connectivity index (χ3v) is 6.34. The molecule has 7 nitrogen and oxygen atoms in total. The summed E-state index contributed by atoms with van der Waals surface area (Å²) in [5, 5.41) is 10.9. The third-order valence-electron chi connectivity index (χ3n) is 6.04. The molecule has 1 aliphatic heterocycles. The van der Waals surface area contributed by atoms with Crippen LogP contribution in [0.25, 0.3) is 0 Å². The Bertz CT molecular complexity index is 1280. The van der Waals surface area contributed by atoms with Crippen molar-refractivity contribution in [3.8, 4) is 5.75 Å². The maximum atomic E-state index is 13.0. The van der Waals surface area contributed by atoms with E-state index in [0.717, 1.165) is 11.6 Å². The highest BCUT2D eigenvalue weighted by Crippen LogP contribution is 2.30. The average Bonchev–Trinajstić information content (AvgIpc) is 2.88. The Kier molecular flexibility index (Phi) is 7.99. The monoisotopic (exact) mass is 533 g/mol. The Morgan fingerprint density at radius 2 is 1.68 bits per heavy atom. The minimum absolute atomic E-state index is 0.121. The van der Waals surface area contributed by atoms with Crippen molar-refractivity contribution in [2.24, 2.45) is 0 Å². The van der Waals surface area contributed by atoms with Crippen molar-refractivity contribution < 1.29 is 27.6 Å². The Morgan fingerprint density at radius 1 is 0.973 bits per heavy atom.